The summed E-state index contributed by atoms with van der Waals surface area (Å²) in [5.74, 6) is 0.737. The third-order valence-corrected chi connectivity index (χ3v) is 5.36. The van der Waals surface area contributed by atoms with Crippen LogP contribution in [0, 0.1) is 0 Å². The molecule has 7 heteroatoms. The second-order valence-electron chi connectivity index (χ2n) is 7.18. The van der Waals surface area contributed by atoms with Gasteiger partial charge < -0.3 is 19.6 Å². The summed E-state index contributed by atoms with van der Waals surface area (Å²) in [6.45, 7) is 6.98. The molecule has 4 rings (SSSR count). The van der Waals surface area contributed by atoms with Gasteiger partial charge in [0.25, 0.3) is 5.91 Å². The molecule has 7 nitrogen and oxygen atoms in total. The third-order valence-electron chi connectivity index (χ3n) is 5.36. The summed E-state index contributed by atoms with van der Waals surface area (Å²) in [5, 5.41) is 0. The Labute approximate surface area is 160 Å². The number of likely N-dealkylation sites (N-methyl/N-ethyl adjacent to an activating group) is 1. The fraction of sp³-hybridized carbons (Fsp3) is 0.450. The molecular weight excluding hydrogens is 340 g/mol. The summed E-state index contributed by atoms with van der Waals surface area (Å²) in [5.41, 5.74) is 1.83. The van der Waals surface area contributed by atoms with Gasteiger partial charge in [-0.1, -0.05) is 18.2 Å². The zero-order valence-corrected chi connectivity index (χ0v) is 15.8. The fourth-order valence-corrected chi connectivity index (χ4v) is 3.59. The van der Waals surface area contributed by atoms with Crippen LogP contribution in [0.25, 0.3) is 0 Å². The van der Waals surface area contributed by atoms with Crippen molar-refractivity contribution < 1.29 is 4.79 Å². The fourth-order valence-electron chi connectivity index (χ4n) is 3.59. The van der Waals surface area contributed by atoms with Crippen molar-refractivity contribution in [1.82, 2.24) is 19.8 Å². The minimum atomic E-state index is 0.0311. The zero-order chi connectivity index (χ0) is 18.6. The number of hydrogen-bond acceptors (Lipinski definition) is 6. The Hall–Kier alpha value is -2.67. The third kappa shape index (κ3) is 4.03. The predicted molar refractivity (Wildman–Crippen MR) is 106 cm³/mol. The number of nitrogens with zero attached hydrogens (tertiary/aromatic N) is 6. The maximum Gasteiger partial charge on any atom is 0.257 e. The van der Waals surface area contributed by atoms with Gasteiger partial charge in [-0.3, -0.25) is 4.79 Å². The molecular formula is C20H26N6O. The van der Waals surface area contributed by atoms with E-state index in [-0.39, 0.29) is 5.91 Å². The molecule has 1 aromatic heterocycles. The Morgan fingerprint density at radius 1 is 0.815 bits per heavy atom. The van der Waals surface area contributed by atoms with Gasteiger partial charge in [0.05, 0.1) is 5.56 Å². The molecule has 2 aromatic rings. The van der Waals surface area contributed by atoms with Crippen molar-refractivity contribution in [3.63, 3.8) is 0 Å². The molecule has 0 saturated carbocycles. The minimum Gasteiger partial charge on any atom is -0.368 e. The van der Waals surface area contributed by atoms with Crippen molar-refractivity contribution in [3.8, 4) is 0 Å². The van der Waals surface area contributed by atoms with Crippen LogP contribution in [-0.2, 0) is 0 Å². The molecule has 27 heavy (non-hydrogen) atoms. The number of hydrogen-bond donors (Lipinski definition) is 0. The van der Waals surface area contributed by atoms with E-state index in [0.29, 0.717) is 11.5 Å². The highest BCUT2D eigenvalue weighted by Crippen LogP contribution is 2.18. The Balaban J connectivity index is 1.35. The van der Waals surface area contributed by atoms with E-state index in [1.54, 1.807) is 12.4 Å². The minimum absolute atomic E-state index is 0.0311. The molecule has 1 amide bonds. The summed E-state index contributed by atoms with van der Waals surface area (Å²) >= 11 is 0. The molecule has 0 radical (unpaired) electrons. The van der Waals surface area contributed by atoms with Crippen molar-refractivity contribution >= 4 is 17.5 Å². The van der Waals surface area contributed by atoms with E-state index >= 15 is 0 Å². The van der Waals surface area contributed by atoms with E-state index in [9.17, 15) is 4.79 Å². The van der Waals surface area contributed by atoms with Crippen LogP contribution in [0.5, 0.6) is 0 Å². The lowest BCUT2D eigenvalue weighted by Crippen LogP contribution is -2.47. The lowest BCUT2D eigenvalue weighted by molar-refractivity contribution is 0.0663. The molecule has 0 N–H and O–H groups in total. The van der Waals surface area contributed by atoms with Crippen molar-refractivity contribution in [2.24, 2.45) is 0 Å². The average molecular weight is 366 g/mol. The van der Waals surface area contributed by atoms with Crippen molar-refractivity contribution in [2.45, 2.75) is 0 Å². The van der Waals surface area contributed by atoms with Crippen LogP contribution in [0.15, 0.2) is 42.7 Å². The van der Waals surface area contributed by atoms with Crippen LogP contribution >= 0.6 is 0 Å². The van der Waals surface area contributed by atoms with Gasteiger partial charge in [0.1, 0.15) is 0 Å². The van der Waals surface area contributed by atoms with Gasteiger partial charge in [-0.2, -0.15) is 0 Å². The van der Waals surface area contributed by atoms with Crippen LogP contribution in [-0.4, -0.2) is 85.1 Å². The summed E-state index contributed by atoms with van der Waals surface area (Å²) in [7, 11) is 2.08. The number of carbonyl (C=O) groups excluding carboxylic acids is 1. The molecule has 2 aliphatic heterocycles. The molecule has 0 unspecified atom stereocenters. The number of piperazine rings is 2. The Morgan fingerprint density at radius 2 is 1.41 bits per heavy atom. The van der Waals surface area contributed by atoms with Crippen molar-refractivity contribution in [3.05, 3.63) is 48.3 Å². The first-order valence-electron chi connectivity index (χ1n) is 9.55. The van der Waals surface area contributed by atoms with E-state index in [0.717, 1.165) is 52.4 Å². The van der Waals surface area contributed by atoms with E-state index in [1.165, 1.54) is 5.69 Å². The summed E-state index contributed by atoms with van der Waals surface area (Å²) in [6, 6.07) is 10.5. The SMILES string of the molecule is CN1CCN(C(=O)c2cnc(N3CCN(c4ccccc4)CC3)nc2)CC1. The molecule has 142 valence electrons. The van der Waals surface area contributed by atoms with Gasteiger partial charge in [-0.15, -0.1) is 0 Å². The van der Waals surface area contributed by atoms with Gasteiger partial charge in [0.2, 0.25) is 5.95 Å². The molecule has 0 atom stereocenters. The maximum absolute atomic E-state index is 12.6. The van der Waals surface area contributed by atoms with E-state index in [1.807, 2.05) is 11.0 Å². The summed E-state index contributed by atoms with van der Waals surface area (Å²) in [4.78, 5) is 30.2. The van der Waals surface area contributed by atoms with Gasteiger partial charge in [-0.25, -0.2) is 9.97 Å². The molecule has 2 fully saturated rings. The summed E-state index contributed by atoms with van der Waals surface area (Å²) in [6.07, 6.45) is 3.35. The molecule has 2 saturated heterocycles. The van der Waals surface area contributed by atoms with E-state index in [2.05, 4.69) is 56.0 Å². The second kappa shape index (κ2) is 7.92. The van der Waals surface area contributed by atoms with Gasteiger partial charge in [0.15, 0.2) is 0 Å². The normalized spacial score (nSPS) is 18.6. The lowest BCUT2D eigenvalue weighted by atomic mass is 10.2. The maximum atomic E-state index is 12.6. The van der Waals surface area contributed by atoms with Crippen LogP contribution in [0.3, 0.4) is 0 Å². The number of benzene rings is 1. The molecule has 2 aliphatic rings. The number of carbonyl (C=O) groups is 1. The van der Waals surface area contributed by atoms with Crippen LogP contribution in [0.1, 0.15) is 10.4 Å². The number of aromatic nitrogens is 2. The molecule has 0 aliphatic carbocycles. The first-order valence-corrected chi connectivity index (χ1v) is 9.55. The smallest absolute Gasteiger partial charge is 0.257 e. The standard InChI is InChI=1S/C20H26N6O/c1-23-7-9-25(10-8-23)19(27)17-15-21-20(22-16-17)26-13-11-24(12-14-26)18-5-3-2-4-6-18/h2-6,15-16H,7-14H2,1H3. The molecule has 0 spiro atoms. The van der Waals surface area contributed by atoms with Crippen LogP contribution in [0.2, 0.25) is 0 Å². The molecule has 3 heterocycles. The first-order chi connectivity index (χ1) is 13.2. The second-order valence-corrected chi connectivity index (χ2v) is 7.18. The topological polar surface area (TPSA) is 55.8 Å². The number of para-hydroxylation sites is 1. The Bertz CT molecular complexity index is 750. The highest BCUT2D eigenvalue weighted by atomic mass is 16.2. The number of amides is 1. The van der Waals surface area contributed by atoms with Crippen molar-refractivity contribution in [1.29, 1.82) is 0 Å². The lowest BCUT2D eigenvalue weighted by Gasteiger charge is -2.36. The zero-order valence-electron chi connectivity index (χ0n) is 15.8. The van der Waals surface area contributed by atoms with Gasteiger partial charge in [-0.05, 0) is 19.2 Å². The first kappa shape index (κ1) is 17.7. The highest BCUT2D eigenvalue weighted by Gasteiger charge is 2.22. The van der Waals surface area contributed by atoms with Gasteiger partial charge >= 0.3 is 0 Å². The average Bonchev–Trinajstić information content (AvgIpc) is 2.75. The quantitative estimate of drug-likeness (QED) is 0.813. The number of anilines is 2. The van der Waals surface area contributed by atoms with E-state index < -0.39 is 0 Å². The highest BCUT2D eigenvalue weighted by molar-refractivity contribution is 5.93. The monoisotopic (exact) mass is 366 g/mol. The molecule has 0 bridgehead atoms. The van der Waals surface area contributed by atoms with E-state index in [4.69, 9.17) is 0 Å². The van der Waals surface area contributed by atoms with Crippen LogP contribution < -0.4 is 9.80 Å². The largest absolute Gasteiger partial charge is 0.368 e. The Kier molecular flexibility index (Phi) is 5.20. The summed E-state index contributed by atoms with van der Waals surface area (Å²) < 4.78 is 0. The predicted octanol–water partition coefficient (Wildman–Crippen LogP) is 1.19. The Morgan fingerprint density at radius 3 is 2.04 bits per heavy atom. The van der Waals surface area contributed by atoms with Gasteiger partial charge in [0, 0.05) is 70.4 Å². The van der Waals surface area contributed by atoms with Crippen molar-refractivity contribution in [2.75, 3.05) is 69.2 Å². The van der Waals surface area contributed by atoms with Crippen LogP contribution in [0.4, 0.5) is 11.6 Å². The number of rotatable bonds is 3. The molecule has 1 aromatic carbocycles.